The predicted molar refractivity (Wildman–Crippen MR) is 143 cm³/mol. The molecule has 3 fully saturated rings. The number of aromatic nitrogens is 4. The van der Waals surface area contributed by atoms with Crippen LogP contribution in [0, 0.1) is 17.3 Å². The number of fused-ring (bicyclic) bond motifs is 1. The third-order valence-corrected chi connectivity index (χ3v) is 11.9. The standard InChI is InChI=1S/C23H30ClN5O10P2/c24-22-27-19(26-15(30)7-23-4-11-1-12(5-23)3-13(2-11)6-23)16-20(28-22)29(9-25-16)21-18(32)17(31)14(39-21)8-38-41(36,37)10-40(33,34)35/h1,9,11,13-14,17-18,21,31-32H,2-8,10H2,(H,36,37)(H2,33,34,35)(H,26,27,28,30)/t11-,13?,14-,17?,18?,21-,23?/m1/s1. The third-order valence-electron chi connectivity index (χ3n) is 8.28. The zero-order valence-electron chi connectivity index (χ0n) is 21.6. The summed E-state index contributed by atoms with van der Waals surface area (Å²) < 4.78 is 34.7. The smallest absolute Gasteiger partial charge is 0.340 e. The second-order valence-corrected chi connectivity index (χ2v) is 16.0. The van der Waals surface area contributed by atoms with Crippen molar-refractivity contribution >= 4 is 49.7 Å². The van der Waals surface area contributed by atoms with Crippen LogP contribution in [0.15, 0.2) is 18.0 Å². The minimum atomic E-state index is -4.85. The van der Waals surface area contributed by atoms with Gasteiger partial charge >= 0.3 is 15.2 Å². The molecule has 0 aromatic carbocycles. The van der Waals surface area contributed by atoms with Gasteiger partial charge < -0.3 is 39.5 Å². The number of hydrogen-bond acceptors (Lipinski definition) is 10. The highest BCUT2D eigenvalue weighted by atomic mass is 35.5. The molecule has 1 saturated heterocycles. The quantitative estimate of drug-likeness (QED) is 0.132. The van der Waals surface area contributed by atoms with E-state index in [4.69, 9.17) is 30.6 Å². The number of aliphatic hydroxyl groups excluding tert-OH is 2. The average molecular weight is 634 g/mol. The van der Waals surface area contributed by atoms with E-state index in [-0.39, 0.29) is 33.6 Å². The lowest BCUT2D eigenvalue weighted by Crippen LogP contribution is -2.43. The van der Waals surface area contributed by atoms with Gasteiger partial charge in [-0.15, -0.1) is 0 Å². The molecule has 1 aliphatic heterocycles. The fraction of sp³-hybridized carbons (Fsp3) is 0.652. The average Bonchev–Trinajstić information content (AvgIpc) is 3.35. The number of carbonyl (C=O) groups is 1. The first-order chi connectivity index (χ1) is 19.2. The Kier molecular flexibility index (Phi) is 7.47. The summed E-state index contributed by atoms with van der Waals surface area (Å²) in [7, 11) is -9.57. The monoisotopic (exact) mass is 633 g/mol. The van der Waals surface area contributed by atoms with E-state index in [2.05, 4.69) is 26.3 Å². The molecule has 0 spiro atoms. The zero-order valence-corrected chi connectivity index (χ0v) is 24.2. The molecule has 224 valence electrons. The number of rotatable bonds is 9. The molecule has 1 amide bonds. The molecular weight excluding hydrogens is 604 g/mol. The van der Waals surface area contributed by atoms with Gasteiger partial charge in [0.1, 0.15) is 18.3 Å². The van der Waals surface area contributed by atoms with Crippen LogP contribution in [0.5, 0.6) is 0 Å². The van der Waals surface area contributed by atoms with Crippen LogP contribution in [-0.4, -0.2) is 81.1 Å². The summed E-state index contributed by atoms with van der Waals surface area (Å²) >= 11 is 6.17. The van der Waals surface area contributed by atoms with E-state index < -0.39 is 52.2 Å². The highest BCUT2D eigenvalue weighted by Gasteiger charge is 2.49. The zero-order chi connectivity index (χ0) is 29.3. The summed E-state index contributed by atoms with van der Waals surface area (Å²) in [6, 6.07) is 0. The van der Waals surface area contributed by atoms with Crippen molar-refractivity contribution in [1.82, 2.24) is 19.5 Å². The molecule has 2 aromatic rings. The summed E-state index contributed by atoms with van der Waals surface area (Å²) in [5.74, 6) is -0.381. The van der Waals surface area contributed by atoms with Crippen LogP contribution in [0.3, 0.4) is 0 Å². The number of carbonyl (C=O) groups excluding carboxylic acids is 1. The molecule has 4 aliphatic carbocycles. The Labute approximate surface area is 238 Å². The maximum atomic E-state index is 13.2. The molecule has 5 aliphatic rings. The number of halogens is 1. The van der Waals surface area contributed by atoms with E-state index in [0.29, 0.717) is 18.3 Å². The number of hydrogen-bond donors (Lipinski definition) is 6. The molecule has 8 atom stereocenters. The molecule has 7 rings (SSSR count). The number of allylic oxidation sites excluding steroid dienone is 2. The third kappa shape index (κ3) is 6.03. The first-order valence-electron chi connectivity index (χ1n) is 13.1. The maximum absolute atomic E-state index is 13.2. The van der Waals surface area contributed by atoms with E-state index in [1.165, 1.54) is 22.9 Å². The summed E-state index contributed by atoms with van der Waals surface area (Å²) in [5, 5.41) is 23.8. The van der Waals surface area contributed by atoms with Crippen molar-refractivity contribution in [1.29, 1.82) is 0 Å². The Hall–Kier alpha value is -1.77. The molecule has 0 radical (unpaired) electrons. The largest absolute Gasteiger partial charge is 0.387 e. The van der Waals surface area contributed by atoms with Crippen molar-refractivity contribution < 1.29 is 48.1 Å². The van der Waals surface area contributed by atoms with Crippen molar-refractivity contribution in [3.63, 3.8) is 0 Å². The van der Waals surface area contributed by atoms with Crippen LogP contribution >= 0.6 is 26.8 Å². The lowest BCUT2D eigenvalue weighted by molar-refractivity contribution is -0.120. The normalized spacial score (nSPS) is 34.1. The lowest BCUT2D eigenvalue weighted by atomic mass is 9.52. The van der Waals surface area contributed by atoms with Crippen molar-refractivity contribution in [2.24, 2.45) is 17.3 Å². The second-order valence-electron chi connectivity index (χ2n) is 11.7. The number of imidazole rings is 1. The molecule has 6 N–H and O–H groups in total. The number of anilines is 1. The first-order valence-corrected chi connectivity index (χ1v) is 17.1. The second kappa shape index (κ2) is 10.4. The highest BCUT2D eigenvalue weighted by molar-refractivity contribution is 7.70. The van der Waals surface area contributed by atoms with Crippen LogP contribution in [0.25, 0.3) is 11.2 Å². The summed E-state index contributed by atoms with van der Waals surface area (Å²) in [4.78, 5) is 53.4. The molecule has 4 bridgehead atoms. The SMILES string of the molecule is O=C(CC12CC3=C[C@H](CC(C3)C1)C2)Nc1nc(Cl)nc2c1ncn2[C@@H]1O[C@H](COP(=O)(O)CP(=O)(O)O)C(O)C1O. The van der Waals surface area contributed by atoms with Gasteiger partial charge in [0.15, 0.2) is 29.1 Å². The highest BCUT2D eigenvalue weighted by Crippen LogP contribution is 2.59. The van der Waals surface area contributed by atoms with E-state index in [1.807, 2.05) is 0 Å². The van der Waals surface area contributed by atoms with Crippen molar-refractivity contribution in [3.05, 3.63) is 23.3 Å². The molecule has 15 nitrogen and oxygen atoms in total. The van der Waals surface area contributed by atoms with Crippen LogP contribution in [-0.2, 0) is 23.2 Å². The van der Waals surface area contributed by atoms with Gasteiger partial charge in [0, 0.05) is 6.42 Å². The minimum Gasteiger partial charge on any atom is -0.387 e. The Morgan fingerprint density at radius 1 is 1.22 bits per heavy atom. The molecule has 41 heavy (non-hydrogen) atoms. The molecule has 2 aromatic heterocycles. The van der Waals surface area contributed by atoms with E-state index in [0.717, 1.165) is 25.7 Å². The maximum Gasteiger partial charge on any atom is 0.340 e. The van der Waals surface area contributed by atoms with Crippen molar-refractivity contribution in [2.75, 3.05) is 17.8 Å². The van der Waals surface area contributed by atoms with E-state index in [9.17, 15) is 29.0 Å². The fourth-order valence-electron chi connectivity index (χ4n) is 7.11. The number of nitrogens with one attached hydrogen (secondary N) is 1. The summed E-state index contributed by atoms with van der Waals surface area (Å²) in [6.45, 7) is -0.744. The topological polar surface area (TPSA) is 226 Å². The van der Waals surface area contributed by atoms with Crippen LogP contribution in [0.2, 0.25) is 5.28 Å². The van der Waals surface area contributed by atoms with Gasteiger partial charge in [-0.3, -0.25) is 18.5 Å². The minimum absolute atomic E-state index is 0.0614. The molecule has 5 unspecified atom stereocenters. The number of aliphatic hydroxyl groups is 2. The van der Waals surface area contributed by atoms with Gasteiger partial charge in [0.25, 0.3) is 0 Å². The fourth-order valence-corrected chi connectivity index (χ4v) is 9.84. The van der Waals surface area contributed by atoms with Crippen LogP contribution < -0.4 is 5.32 Å². The van der Waals surface area contributed by atoms with Gasteiger partial charge in [-0.25, -0.2) is 4.98 Å². The molecule has 18 heteroatoms. The van der Waals surface area contributed by atoms with Gasteiger partial charge in [0.05, 0.1) is 12.9 Å². The Morgan fingerprint density at radius 3 is 2.71 bits per heavy atom. The van der Waals surface area contributed by atoms with Gasteiger partial charge in [-0.1, -0.05) is 11.6 Å². The van der Waals surface area contributed by atoms with Gasteiger partial charge in [-0.2, -0.15) is 9.97 Å². The number of ether oxygens (including phenoxy) is 1. The lowest BCUT2D eigenvalue weighted by Gasteiger charge is -2.52. The van der Waals surface area contributed by atoms with Crippen LogP contribution in [0.1, 0.15) is 44.8 Å². The summed E-state index contributed by atoms with van der Waals surface area (Å²) in [6.07, 6.45) is 3.44. The van der Waals surface area contributed by atoms with E-state index >= 15 is 0 Å². The first kappa shape index (κ1) is 29.3. The molecule has 2 saturated carbocycles. The summed E-state index contributed by atoms with van der Waals surface area (Å²) in [5.41, 5.74) is 1.65. The Morgan fingerprint density at radius 2 is 2.00 bits per heavy atom. The number of amides is 1. The predicted octanol–water partition coefficient (Wildman–Crippen LogP) is 1.90. The van der Waals surface area contributed by atoms with Crippen molar-refractivity contribution in [3.8, 4) is 0 Å². The van der Waals surface area contributed by atoms with Gasteiger partial charge in [0.2, 0.25) is 11.2 Å². The molecule has 3 heterocycles. The Bertz CT molecular complexity index is 1510. The van der Waals surface area contributed by atoms with Crippen molar-refractivity contribution in [2.45, 2.75) is 63.1 Å². The molecular formula is C23H30ClN5O10P2. The Balaban J connectivity index is 1.17. The number of nitrogens with zero attached hydrogens (tertiary/aromatic N) is 4. The van der Waals surface area contributed by atoms with E-state index in [1.54, 1.807) is 0 Å². The van der Waals surface area contributed by atoms with Crippen LogP contribution in [0.4, 0.5) is 5.82 Å². The van der Waals surface area contributed by atoms with Gasteiger partial charge in [-0.05, 0) is 61.0 Å².